The van der Waals surface area contributed by atoms with Crippen LogP contribution in [0.1, 0.15) is 183 Å². The fourth-order valence-electron chi connectivity index (χ4n) is 13.5. The van der Waals surface area contributed by atoms with Gasteiger partial charge in [0.2, 0.25) is 41.4 Å². The Morgan fingerprint density at radius 3 is 1.29 bits per heavy atom. The van der Waals surface area contributed by atoms with Crippen LogP contribution in [0.2, 0.25) is 0 Å². The van der Waals surface area contributed by atoms with E-state index in [4.69, 9.17) is 44.4 Å². The van der Waals surface area contributed by atoms with Crippen LogP contribution < -0.4 is 72.1 Å². The highest BCUT2D eigenvalue weighted by atomic mass is 35.5. The molecule has 4 aromatic carbocycles. The third-order valence-electron chi connectivity index (χ3n) is 19.5. The number of ether oxygens (including phenoxy) is 6. The van der Waals surface area contributed by atoms with Gasteiger partial charge in [-0.3, -0.25) is 52.6 Å². The molecule has 2 fully saturated rings. The summed E-state index contributed by atoms with van der Waals surface area (Å²) >= 11 is 0. The summed E-state index contributed by atoms with van der Waals surface area (Å²) in [7, 11) is -8.06. The van der Waals surface area contributed by atoms with Crippen LogP contribution in [0, 0.1) is 10.8 Å². The summed E-state index contributed by atoms with van der Waals surface area (Å²) in [4.78, 5) is 159. The summed E-state index contributed by atoms with van der Waals surface area (Å²) in [5.41, 5.74) is 4.82. The van der Waals surface area contributed by atoms with E-state index >= 15 is 0 Å². The second-order valence-electron chi connectivity index (χ2n) is 34.9. The first kappa shape index (κ1) is 106. The van der Waals surface area contributed by atoms with Crippen molar-refractivity contribution in [1.29, 1.82) is 0 Å². The number of anilines is 2. The molecule has 4 unspecified atom stereocenters. The highest BCUT2D eigenvalue weighted by Crippen LogP contribution is 2.32. The van der Waals surface area contributed by atoms with E-state index in [1.54, 1.807) is 93.5 Å². The summed E-state index contributed by atoms with van der Waals surface area (Å²) in [6.07, 6.45) is -0.941. The SMILES string of the molecule is CC(C)(C)[C@@H]1NC(=O)Cc2cccc(c2)OCCCO[C@@H]2C[C@@H](C(=O)O)N(C2)C1=O.CCCC(N)C(O)C(=O)NCC(=O)N[C@H](C(=O)OC(C)(C)C)c1ccc(NS(N)(=O)=O)cc1.CCCC(NC(=O)[C@@H]1C[C@@H]2CN1C(=O)[C@H](C(C)(C)C)NC(=O)Cc1cccc(c1)OCCCO2)C(O)C(=O)NCC(=O)N[C@H](C(=O)OC(C)(C)C)c1ccc(NS(N)(=O)=O)cc1.Cl. The maximum Gasteiger partial charge on any atom is 0.333 e. The lowest BCUT2D eigenvalue weighted by Crippen LogP contribution is -2.59. The molecule has 0 aromatic heterocycles. The van der Waals surface area contributed by atoms with E-state index < -0.39 is 187 Å². The van der Waals surface area contributed by atoms with Crippen molar-refractivity contribution in [3.05, 3.63) is 119 Å². The van der Waals surface area contributed by atoms with Gasteiger partial charge in [-0.05, 0) is 136 Å². The van der Waals surface area contributed by atoms with Crippen molar-refractivity contribution in [3.8, 4) is 11.5 Å². The van der Waals surface area contributed by atoms with E-state index in [0.29, 0.717) is 74.6 Å². The lowest BCUT2D eigenvalue weighted by atomic mass is 9.85. The van der Waals surface area contributed by atoms with Crippen LogP contribution in [0.4, 0.5) is 11.4 Å². The number of rotatable bonds is 25. The van der Waals surface area contributed by atoms with Crippen molar-refractivity contribution in [3.63, 3.8) is 0 Å². The molecule has 8 bridgehead atoms. The molecule has 0 saturated carbocycles. The standard InChI is InChI=1S/C42H61N7O12S.C22H30N2O6.C20H33N5O7S.ClH/c1-8-11-30(35(52)38(54)44-23-33(51)46-34(40(56)61-42(5,6)7)26-14-16-27(17-15-26)48-62(43,57)58)45-37(53)31-22-29-24-49(31)39(55)36(41(2,3)4)47-32(50)21-25-12-9-13-28(20-25)59-18-10-19-60-29;1-22(2,3)19-20(26)24-13-16(12-17(24)21(27)28)30-9-5-8-29-15-7-4-6-14(10-15)11-18(25)23-19;1-5-6-14(21)17(27)18(28)23-11-15(26)24-16(19(29)32-20(2,3)4)12-7-9-13(10-8-12)25-33(22,30)31;/h9,12-17,20,29-31,34-36,48,52H,8,10-11,18-19,21-24H2,1-7H3,(H,44,54)(H,45,53)(H,46,51)(H,47,50)(H2,43,57,58);4,6-7,10,16-17,19H,5,8-9,11-13H2,1-3H3,(H,23,25)(H,27,28);7-10,14,16-17,25,27H,5-6,11,21H2,1-4H3,(H,23,28)(H,24,26)(H2,22,30,31);1H/t29-,30?,31+,34+,35?,36-;16-,17+,19-;14?,16-,17?;/m110./s1. The monoisotopic (exact) mass is 1830 g/mol. The first-order valence-corrected chi connectivity index (χ1v) is 44.2. The van der Waals surface area contributed by atoms with Crippen LogP contribution in [0.25, 0.3) is 0 Å². The maximum absolute atomic E-state index is 14.4. The molecule has 8 rings (SSSR count). The van der Waals surface area contributed by atoms with Gasteiger partial charge in [-0.25, -0.2) is 24.7 Å². The Bertz CT molecular complexity index is 4640. The number of nitrogens with zero attached hydrogens (tertiary/aromatic N) is 2. The topological polar surface area (TPSA) is 582 Å². The molecular formula is C84H125ClN14O25S2. The van der Waals surface area contributed by atoms with Crippen LogP contribution in [-0.4, -0.2) is 238 Å². The molecule has 4 heterocycles. The molecule has 2 saturated heterocycles. The molecule has 39 nitrogen and oxygen atoms in total. The van der Waals surface area contributed by atoms with Crippen LogP contribution in [0.5, 0.6) is 11.5 Å². The van der Waals surface area contributed by atoms with E-state index in [-0.39, 0.29) is 93.2 Å². The minimum atomic E-state index is -4.08. The molecule has 12 atom stereocenters. The van der Waals surface area contributed by atoms with Crippen molar-refractivity contribution in [2.24, 2.45) is 26.8 Å². The minimum Gasteiger partial charge on any atom is -0.493 e. The van der Waals surface area contributed by atoms with Gasteiger partial charge in [0.15, 0.2) is 18.2 Å². The van der Waals surface area contributed by atoms with E-state index in [0.717, 1.165) is 5.56 Å². The maximum atomic E-state index is 14.4. The lowest BCUT2D eigenvalue weighted by molar-refractivity contribution is -0.159. The predicted octanol–water partition coefficient (Wildman–Crippen LogP) is 2.55. The number of aliphatic carboxylic acids is 1. The van der Waals surface area contributed by atoms with Crippen molar-refractivity contribution >= 4 is 115 Å². The molecular weight excluding hydrogens is 1700 g/mol. The van der Waals surface area contributed by atoms with E-state index in [2.05, 4.69) is 46.7 Å². The number of aliphatic hydroxyl groups excluding tert-OH is 2. The van der Waals surface area contributed by atoms with Gasteiger partial charge in [-0.2, -0.15) is 16.8 Å². The molecule has 700 valence electrons. The Hall–Kier alpha value is -10.4. The number of benzene rings is 4. The van der Waals surface area contributed by atoms with Gasteiger partial charge in [0.05, 0.1) is 70.6 Å². The third kappa shape index (κ3) is 35.5. The zero-order valence-corrected chi connectivity index (χ0v) is 76.0. The van der Waals surface area contributed by atoms with Gasteiger partial charge in [-0.15, -0.1) is 12.4 Å². The largest absolute Gasteiger partial charge is 0.493 e. The molecule has 9 amide bonds. The molecule has 18 N–H and O–H groups in total. The quantitative estimate of drug-likeness (QED) is 0.0424. The first-order valence-electron chi connectivity index (χ1n) is 41.1. The van der Waals surface area contributed by atoms with Gasteiger partial charge in [0.25, 0.3) is 32.2 Å². The number of nitrogens with one attached hydrogen (secondary N) is 9. The molecule has 4 aliphatic rings. The summed E-state index contributed by atoms with van der Waals surface area (Å²) in [6, 6.07) is 17.0. The summed E-state index contributed by atoms with van der Waals surface area (Å²) in [6.45, 7) is 25.0. The number of carbonyl (C=O) groups is 12. The second-order valence-corrected chi connectivity index (χ2v) is 37.5. The average Bonchev–Trinajstić information content (AvgIpc) is 1.64. The number of halogens is 1. The van der Waals surface area contributed by atoms with Gasteiger partial charge in [-0.1, -0.05) is 117 Å². The zero-order chi connectivity index (χ0) is 93.3. The number of carbonyl (C=O) groups excluding carboxylic acids is 11. The Balaban J connectivity index is 0.000000369. The molecule has 126 heavy (non-hydrogen) atoms. The Kier molecular flexibility index (Phi) is 40.0. The molecule has 0 aliphatic carbocycles. The highest BCUT2D eigenvalue weighted by Gasteiger charge is 2.48. The Morgan fingerprint density at radius 1 is 0.540 bits per heavy atom. The Labute approximate surface area is 741 Å². The number of nitrogens with two attached hydrogens (primary N) is 3. The fourth-order valence-corrected chi connectivity index (χ4v) is 14.5. The molecule has 4 aromatic rings. The lowest BCUT2D eigenvalue weighted by Gasteiger charge is -2.36. The van der Waals surface area contributed by atoms with Crippen LogP contribution in [0.15, 0.2) is 97.1 Å². The predicted molar refractivity (Wildman–Crippen MR) is 465 cm³/mol. The van der Waals surface area contributed by atoms with Crippen LogP contribution in [-0.2, 0) is 110 Å². The Morgan fingerprint density at radius 2 is 0.921 bits per heavy atom. The zero-order valence-electron chi connectivity index (χ0n) is 73.6. The minimum absolute atomic E-state index is 0. The summed E-state index contributed by atoms with van der Waals surface area (Å²) < 4.78 is 83.8. The van der Waals surface area contributed by atoms with E-state index in [9.17, 15) is 89.7 Å². The number of hydrogen-bond donors (Lipinski definition) is 15. The van der Waals surface area contributed by atoms with Crippen molar-refractivity contribution in [1.82, 2.24) is 47.0 Å². The number of hydrogen-bond acceptors (Lipinski definition) is 25. The summed E-state index contributed by atoms with van der Waals surface area (Å²) in [5, 5.41) is 58.8. The number of fused-ring (bicyclic) bond motifs is 8. The molecule has 0 radical (unpaired) electrons. The van der Waals surface area contributed by atoms with Gasteiger partial charge in [0.1, 0.15) is 53.0 Å². The van der Waals surface area contributed by atoms with E-state index in [1.807, 2.05) is 52.0 Å². The molecule has 4 aliphatic heterocycles. The van der Waals surface area contributed by atoms with Gasteiger partial charge in [0, 0.05) is 56.2 Å². The highest BCUT2D eigenvalue weighted by molar-refractivity contribution is 7.90. The molecule has 0 spiro atoms. The van der Waals surface area contributed by atoms with Crippen LogP contribution in [0.3, 0.4) is 0 Å². The number of carboxylic acids is 1. The first-order chi connectivity index (χ1) is 58.2. The molecule has 42 heteroatoms. The second kappa shape index (κ2) is 47.4. The average molecular weight is 1830 g/mol. The number of esters is 2. The van der Waals surface area contributed by atoms with E-state index in [1.165, 1.54) is 58.3 Å². The number of carboxylic acid groups (broad SMARTS) is 1. The van der Waals surface area contributed by atoms with Crippen molar-refractivity contribution in [2.45, 2.75) is 245 Å². The fraction of sp³-hybridized carbons (Fsp3) is 0.571. The number of amides is 9. The summed E-state index contributed by atoms with van der Waals surface area (Å²) in [5.74, 6) is -6.96. The normalized spacial score (nSPS) is 20.1. The third-order valence-corrected chi connectivity index (χ3v) is 20.5. The number of aliphatic hydroxyl groups is 2. The smallest absolute Gasteiger partial charge is 0.333 e. The van der Waals surface area contributed by atoms with Gasteiger partial charge < -0.3 is 96.5 Å². The van der Waals surface area contributed by atoms with Crippen molar-refractivity contribution in [2.75, 3.05) is 62.1 Å². The van der Waals surface area contributed by atoms with Crippen LogP contribution >= 0.6 is 12.4 Å². The van der Waals surface area contributed by atoms with Crippen molar-refractivity contribution < 1.29 is 118 Å². The van der Waals surface area contributed by atoms with Gasteiger partial charge >= 0.3 is 17.9 Å².